The Hall–Kier alpha value is -2.94. The maximum Gasteiger partial charge on any atom is 0.336 e. The SMILES string of the molecule is Cc1cc(C#N)nc(Nc2ccc(C)c(C(=O)O)c2)n1. The van der Waals surface area contributed by atoms with Crippen molar-refractivity contribution in [2.45, 2.75) is 13.8 Å². The third kappa shape index (κ3) is 2.90. The summed E-state index contributed by atoms with van der Waals surface area (Å²) in [6.45, 7) is 3.48. The Bertz CT molecular complexity index is 720. The maximum absolute atomic E-state index is 11.1. The first-order chi connectivity index (χ1) is 9.49. The molecule has 0 aliphatic rings. The average molecular weight is 268 g/mol. The molecule has 0 aliphatic carbocycles. The van der Waals surface area contributed by atoms with Crippen LogP contribution in [0.25, 0.3) is 0 Å². The normalized spacial score (nSPS) is 9.85. The molecule has 0 fully saturated rings. The van der Waals surface area contributed by atoms with Crippen molar-refractivity contribution >= 4 is 17.6 Å². The standard InChI is InChI=1S/C14H12N4O2/c1-8-3-4-10(6-12(8)13(19)20)17-14-16-9(2)5-11(7-15)18-14/h3-6H,1-2H3,(H,19,20)(H,16,17,18). The number of carboxylic acid groups (broad SMARTS) is 1. The molecule has 0 amide bonds. The van der Waals surface area contributed by atoms with E-state index in [9.17, 15) is 4.79 Å². The molecular formula is C14H12N4O2. The highest BCUT2D eigenvalue weighted by atomic mass is 16.4. The van der Waals surface area contributed by atoms with Gasteiger partial charge in [0, 0.05) is 11.4 Å². The van der Waals surface area contributed by atoms with Crippen LogP contribution in [-0.4, -0.2) is 21.0 Å². The van der Waals surface area contributed by atoms with E-state index < -0.39 is 5.97 Å². The van der Waals surface area contributed by atoms with Crippen molar-refractivity contribution in [1.29, 1.82) is 5.26 Å². The van der Waals surface area contributed by atoms with E-state index in [1.165, 1.54) is 6.07 Å². The number of carbonyl (C=O) groups is 1. The number of carboxylic acids is 1. The third-order valence-electron chi connectivity index (χ3n) is 2.69. The molecule has 6 heteroatoms. The van der Waals surface area contributed by atoms with Gasteiger partial charge in [-0.2, -0.15) is 5.26 Å². The average Bonchev–Trinajstić information content (AvgIpc) is 2.40. The van der Waals surface area contributed by atoms with Crippen molar-refractivity contribution in [1.82, 2.24) is 9.97 Å². The number of hydrogen-bond donors (Lipinski definition) is 2. The zero-order valence-electron chi connectivity index (χ0n) is 11.0. The molecule has 0 atom stereocenters. The van der Waals surface area contributed by atoms with E-state index in [2.05, 4.69) is 15.3 Å². The van der Waals surface area contributed by atoms with Gasteiger partial charge < -0.3 is 10.4 Å². The molecule has 0 bridgehead atoms. The van der Waals surface area contributed by atoms with Crippen molar-refractivity contribution in [2.24, 2.45) is 0 Å². The van der Waals surface area contributed by atoms with E-state index in [4.69, 9.17) is 10.4 Å². The molecule has 0 saturated heterocycles. The van der Waals surface area contributed by atoms with Crippen LogP contribution in [0, 0.1) is 25.2 Å². The smallest absolute Gasteiger partial charge is 0.336 e. The fraction of sp³-hybridized carbons (Fsp3) is 0.143. The van der Waals surface area contributed by atoms with E-state index in [0.717, 1.165) is 0 Å². The van der Waals surface area contributed by atoms with Crippen LogP contribution in [0.15, 0.2) is 24.3 Å². The van der Waals surface area contributed by atoms with Crippen molar-refractivity contribution in [3.8, 4) is 6.07 Å². The molecule has 1 heterocycles. The van der Waals surface area contributed by atoms with Gasteiger partial charge in [0.2, 0.25) is 5.95 Å². The van der Waals surface area contributed by atoms with Crippen LogP contribution in [0.4, 0.5) is 11.6 Å². The summed E-state index contributed by atoms with van der Waals surface area (Å²) < 4.78 is 0. The minimum atomic E-state index is -0.992. The number of nitrogens with zero attached hydrogens (tertiary/aromatic N) is 3. The first kappa shape index (κ1) is 13.5. The Morgan fingerprint density at radius 3 is 2.70 bits per heavy atom. The summed E-state index contributed by atoms with van der Waals surface area (Å²) in [4.78, 5) is 19.2. The number of aryl methyl sites for hydroxylation is 2. The summed E-state index contributed by atoms with van der Waals surface area (Å²) in [5.74, 6) is -0.726. The summed E-state index contributed by atoms with van der Waals surface area (Å²) in [5.41, 5.74) is 2.35. The summed E-state index contributed by atoms with van der Waals surface area (Å²) in [7, 11) is 0. The minimum Gasteiger partial charge on any atom is -0.478 e. The highest BCUT2D eigenvalue weighted by Crippen LogP contribution is 2.18. The first-order valence-electron chi connectivity index (χ1n) is 5.86. The second kappa shape index (κ2) is 5.36. The number of aromatic nitrogens is 2. The van der Waals surface area contributed by atoms with Crippen LogP contribution in [0.1, 0.15) is 27.3 Å². The predicted octanol–water partition coefficient (Wildman–Crippen LogP) is 2.41. The van der Waals surface area contributed by atoms with Crippen molar-refractivity contribution in [3.63, 3.8) is 0 Å². The highest BCUT2D eigenvalue weighted by molar-refractivity contribution is 5.90. The number of aromatic carboxylic acids is 1. The fourth-order valence-corrected chi connectivity index (χ4v) is 1.74. The zero-order valence-corrected chi connectivity index (χ0v) is 11.0. The lowest BCUT2D eigenvalue weighted by molar-refractivity contribution is 0.0696. The third-order valence-corrected chi connectivity index (χ3v) is 2.69. The van der Waals surface area contributed by atoms with Crippen molar-refractivity contribution in [3.05, 3.63) is 46.8 Å². The number of benzene rings is 1. The molecule has 20 heavy (non-hydrogen) atoms. The van der Waals surface area contributed by atoms with Gasteiger partial charge in [-0.1, -0.05) is 6.07 Å². The zero-order chi connectivity index (χ0) is 14.7. The monoisotopic (exact) mass is 268 g/mol. The maximum atomic E-state index is 11.1. The molecule has 0 aliphatic heterocycles. The molecule has 0 unspecified atom stereocenters. The Labute approximate surface area is 115 Å². The van der Waals surface area contributed by atoms with Gasteiger partial charge in [-0.15, -0.1) is 0 Å². The van der Waals surface area contributed by atoms with Gasteiger partial charge in [0.05, 0.1) is 5.56 Å². The van der Waals surface area contributed by atoms with Gasteiger partial charge in [-0.25, -0.2) is 14.8 Å². The Morgan fingerprint density at radius 1 is 1.30 bits per heavy atom. The number of hydrogen-bond acceptors (Lipinski definition) is 5. The molecule has 2 aromatic rings. The van der Waals surface area contributed by atoms with Crippen LogP contribution in [0.2, 0.25) is 0 Å². The van der Waals surface area contributed by atoms with Gasteiger partial charge >= 0.3 is 5.97 Å². The van der Waals surface area contributed by atoms with Crippen LogP contribution in [0.3, 0.4) is 0 Å². The fourth-order valence-electron chi connectivity index (χ4n) is 1.74. The number of nitrogens with one attached hydrogen (secondary N) is 1. The highest BCUT2D eigenvalue weighted by Gasteiger charge is 2.09. The van der Waals surface area contributed by atoms with Gasteiger partial charge in [0.15, 0.2) is 0 Å². The number of anilines is 2. The molecule has 0 saturated carbocycles. The predicted molar refractivity (Wildman–Crippen MR) is 72.9 cm³/mol. The second-order valence-electron chi connectivity index (χ2n) is 4.29. The quantitative estimate of drug-likeness (QED) is 0.886. The van der Waals surface area contributed by atoms with E-state index in [1.807, 2.05) is 6.07 Å². The van der Waals surface area contributed by atoms with Gasteiger partial charge in [0.1, 0.15) is 11.8 Å². The Kier molecular flexibility index (Phi) is 3.62. The van der Waals surface area contributed by atoms with Crippen LogP contribution < -0.4 is 5.32 Å². The van der Waals surface area contributed by atoms with E-state index in [1.54, 1.807) is 32.0 Å². The van der Waals surface area contributed by atoms with E-state index in [-0.39, 0.29) is 17.2 Å². The second-order valence-corrected chi connectivity index (χ2v) is 4.29. The molecule has 2 rings (SSSR count). The first-order valence-corrected chi connectivity index (χ1v) is 5.86. The lowest BCUT2D eigenvalue weighted by atomic mass is 10.1. The molecule has 100 valence electrons. The number of rotatable bonds is 3. The summed E-state index contributed by atoms with van der Waals surface area (Å²) >= 11 is 0. The molecular weight excluding hydrogens is 256 g/mol. The lowest BCUT2D eigenvalue weighted by Gasteiger charge is -2.08. The van der Waals surface area contributed by atoms with Crippen molar-refractivity contribution in [2.75, 3.05) is 5.32 Å². The van der Waals surface area contributed by atoms with Crippen LogP contribution in [0.5, 0.6) is 0 Å². The summed E-state index contributed by atoms with van der Waals surface area (Å²) in [6, 6.07) is 8.47. The molecule has 1 aromatic heterocycles. The lowest BCUT2D eigenvalue weighted by Crippen LogP contribution is -2.03. The number of nitriles is 1. The van der Waals surface area contributed by atoms with E-state index >= 15 is 0 Å². The molecule has 0 spiro atoms. The van der Waals surface area contributed by atoms with Crippen LogP contribution >= 0.6 is 0 Å². The molecule has 2 N–H and O–H groups in total. The molecule has 0 radical (unpaired) electrons. The largest absolute Gasteiger partial charge is 0.478 e. The molecule has 6 nitrogen and oxygen atoms in total. The van der Waals surface area contributed by atoms with Crippen LogP contribution in [-0.2, 0) is 0 Å². The Balaban J connectivity index is 2.35. The van der Waals surface area contributed by atoms with E-state index in [0.29, 0.717) is 16.9 Å². The molecule has 1 aromatic carbocycles. The summed E-state index contributed by atoms with van der Waals surface area (Å²) in [5, 5.41) is 20.8. The topological polar surface area (TPSA) is 98.9 Å². The summed E-state index contributed by atoms with van der Waals surface area (Å²) in [6.07, 6.45) is 0. The minimum absolute atomic E-state index is 0.211. The van der Waals surface area contributed by atoms with Gasteiger partial charge in [0.25, 0.3) is 0 Å². The van der Waals surface area contributed by atoms with Gasteiger partial charge in [-0.3, -0.25) is 0 Å². The van der Waals surface area contributed by atoms with Gasteiger partial charge in [-0.05, 0) is 37.6 Å². The Morgan fingerprint density at radius 2 is 2.05 bits per heavy atom. The van der Waals surface area contributed by atoms with Crippen molar-refractivity contribution < 1.29 is 9.90 Å².